The van der Waals surface area contributed by atoms with Crippen LogP contribution in [0.3, 0.4) is 0 Å². The van der Waals surface area contributed by atoms with Crippen molar-refractivity contribution < 1.29 is 9.32 Å². The highest BCUT2D eigenvalue weighted by Crippen LogP contribution is 2.23. The number of carbonyl (C=O) groups excluding carboxylic acids is 1. The van der Waals surface area contributed by atoms with Crippen molar-refractivity contribution in [3.63, 3.8) is 0 Å². The van der Waals surface area contributed by atoms with E-state index in [0.29, 0.717) is 18.3 Å². The normalized spacial score (nSPS) is 24.6. The van der Waals surface area contributed by atoms with Gasteiger partial charge < -0.3 is 15.6 Å². The van der Waals surface area contributed by atoms with Crippen molar-refractivity contribution in [2.24, 2.45) is 11.7 Å². The molecule has 17 heavy (non-hydrogen) atoms. The number of nitrogens with one attached hydrogen (secondary N) is 1. The van der Waals surface area contributed by atoms with Gasteiger partial charge in [-0.05, 0) is 26.2 Å². The van der Waals surface area contributed by atoms with E-state index in [4.69, 9.17) is 10.3 Å². The van der Waals surface area contributed by atoms with Gasteiger partial charge in [0.2, 0.25) is 11.8 Å². The third-order valence-corrected chi connectivity index (χ3v) is 3.07. The summed E-state index contributed by atoms with van der Waals surface area (Å²) in [5.41, 5.74) is 5.85. The van der Waals surface area contributed by atoms with Crippen LogP contribution in [0.1, 0.15) is 37.4 Å². The predicted molar refractivity (Wildman–Crippen MR) is 60.8 cm³/mol. The molecule has 1 heterocycles. The van der Waals surface area contributed by atoms with Crippen molar-refractivity contribution >= 4 is 5.91 Å². The van der Waals surface area contributed by atoms with Crippen LogP contribution in [-0.4, -0.2) is 22.1 Å². The topological polar surface area (TPSA) is 94.0 Å². The van der Waals surface area contributed by atoms with Crippen LogP contribution in [0.4, 0.5) is 0 Å². The zero-order valence-corrected chi connectivity index (χ0v) is 9.98. The predicted octanol–water partition coefficient (Wildman–Crippen LogP) is 0.512. The van der Waals surface area contributed by atoms with E-state index in [1.807, 2.05) is 0 Å². The molecular weight excluding hydrogens is 220 g/mol. The Hall–Kier alpha value is -1.43. The average Bonchev–Trinajstić information content (AvgIpc) is 2.72. The summed E-state index contributed by atoms with van der Waals surface area (Å²) in [6, 6.07) is 0.158. The minimum absolute atomic E-state index is 0.0303. The molecule has 1 aliphatic carbocycles. The van der Waals surface area contributed by atoms with E-state index in [0.717, 1.165) is 25.7 Å². The molecule has 2 unspecified atom stereocenters. The first-order valence-corrected chi connectivity index (χ1v) is 5.97. The molecule has 0 aliphatic heterocycles. The van der Waals surface area contributed by atoms with Crippen molar-refractivity contribution in [1.29, 1.82) is 0 Å². The minimum atomic E-state index is 0.0303. The van der Waals surface area contributed by atoms with E-state index in [-0.39, 0.29) is 17.9 Å². The number of nitrogens with two attached hydrogens (primary N) is 1. The van der Waals surface area contributed by atoms with E-state index >= 15 is 0 Å². The molecule has 1 aromatic rings. The van der Waals surface area contributed by atoms with E-state index in [1.165, 1.54) is 0 Å². The molecule has 0 spiro atoms. The van der Waals surface area contributed by atoms with Crippen LogP contribution in [0, 0.1) is 12.8 Å². The highest BCUT2D eigenvalue weighted by molar-refractivity contribution is 5.78. The maximum atomic E-state index is 11.9. The molecule has 0 aromatic carbocycles. The van der Waals surface area contributed by atoms with Crippen LogP contribution in [-0.2, 0) is 11.3 Å². The maximum absolute atomic E-state index is 11.9. The van der Waals surface area contributed by atoms with Gasteiger partial charge in [0.25, 0.3) is 0 Å². The van der Waals surface area contributed by atoms with Crippen LogP contribution < -0.4 is 11.1 Å². The van der Waals surface area contributed by atoms with Gasteiger partial charge in [-0.2, -0.15) is 4.98 Å². The Kier molecular flexibility index (Phi) is 3.73. The van der Waals surface area contributed by atoms with Crippen molar-refractivity contribution in [3.05, 3.63) is 11.7 Å². The van der Waals surface area contributed by atoms with Crippen molar-refractivity contribution in [1.82, 2.24) is 15.5 Å². The zero-order valence-electron chi connectivity index (χ0n) is 9.98. The van der Waals surface area contributed by atoms with Crippen LogP contribution in [0.5, 0.6) is 0 Å². The maximum Gasteiger partial charge on any atom is 0.246 e. The SMILES string of the molecule is Cc1noc(CNC(=O)C2CCCC(N)C2)n1. The number of hydrogen-bond donors (Lipinski definition) is 2. The molecule has 0 radical (unpaired) electrons. The van der Waals surface area contributed by atoms with Crippen molar-refractivity contribution in [3.8, 4) is 0 Å². The summed E-state index contributed by atoms with van der Waals surface area (Å²) in [6.45, 7) is 2.04. The molecule has 2 rings (SSSR count). The molecule has 3 N–H and O–H groups in total. The first-order chi connectivity index (χ1) is 8.15. The molecule has 1 amide bonds. The Labute approximate surface area is 99.9 Å². The lowest BCUT2D eigenvalue weighted by atomic mass is 9.85. The lowest BCUT2D eigenvalue weighted by Crippen LogP contribution is -2.37. The van der Waals surface area contributed by atoms with Gasteiger partial charge in [-0.25, -0.2) is 0 Å². The van der Waals surface area contributed by atoms with Crippen LogP contribution >= 0.6 is 0 Å². The fraction of sp³-hybridized carbons (Fsp3) is 0.727. The zero-order chi connectivity index (χ0) is 12.3. The average molecular weight is 238 g/mol. The molecule has 0 saturated heterocycles. The van der Waals surface area contributed by atoms with Crippen LogP contribution in [0.15, 0.2) is 4.52 Å². The lowest BCUT2D eigenvalue weighted by Gasteiger charge is -2.25. The monoisotopic (exact) mass is 238 g/mol. The molecule has 94 valence electrons. The van der Waals surface area contributed by atoms with Gasteiger partial charge in [0, 0.05) is 12.0 Å². The summed E-state index contributed by atoms with van der Waals surface area (Å²) in [5, 5.41) is 6.47. The highest BCUT2D eigenvalue weighted by Gasteiger charge is 2.25. The second-order valence-electron chi connectivity index (χ2n) is 4.58. The molecule has 1 saturated carbocycles. The first-order valence-electron chi connectivity index (χ1n) is 5.97. The highest BCUT2D eigenvalue weighted by atomic mass is 16.5. The van der Waals surface area contributed by atoms with Crippen LogP contribution in [0.2, 0.25) is 0 Å². The minimum Gasteiger partial charge on any atom is -0.347 e. The molecular formula is C11H18N4O2. The largest absolute Gasteiger partial charge is 0.347 e. The van der Waals surface area contributed by atoms with Crippen LogP contribution in [0.25, 0.3) is 0 Å². The third kappa shape index (κ3) is 3.26. The summed E-state index contributed by atoms with van der Waals surface area (Å²) < 4.78 is 4.92. The Morgan fingerprint density at radius 1 is 1.59 bits per heavy atom. The number of rotatable bonds is 3. The van der Waals surface area contributed by atoms with E-state index in [9.17, 15) is 4.79 Å². The summed E-state index contributed by atoms with van der Waals surface area (Å²) in [6.07, 6.45) is 3.74. The van der Waals surface area contributed by atoms with Gasteiger partial charge in [-0.3, -0.25) is 4.79 Å². The van der Waals surface area contributed by atoms with E-state index in [1.54, 1.807) is 6.92 Å². The molecule has 6 nitrogen and oxygen atoms in total. The van der Waals surface area contributed by atoms with Gasteiger partial charge in [-0.15, -0.1) is 0 Å². The summed E-state index contributed by atoms with van der Waals surface area (Å²) in [5.74, 6) is 1.09. The van der Waals surface area contributed by atoms with Gasteiger partial charge in [-0.1, -0.05) is 11.6 Å². The Balaban J connectivity index is 1.80. The van der Waals surface area contributed by atoms with Gasteiger partial charge in [0.05, 0.1) is 6.54 Å². The van der Waals surface area contributed by atoms with Gasteiger partial charge in [0.15, 0.2) is 5.82 Å². The smallest absolute Gasteiger partial charge is 0.246 e. The standard InChI is InChI=1S/C11H18N4O2/c1-7-14-10(17-15-7)6-13-11(16)8-3-2-4-9(12)5-8/h8-9H,2-6,12H2,1H3,(H,13,16). The molecule has 1 aliphatic rings. The number of nitrogens with zero attached hydrogens (tertiary/aromatic N) is 2. The van der Waals surface area contributed by atoms with Crippen molar-refractivity contribution in [2.75, 3.05) is 0 Å². The number of hydrogen-bond acceptors (Lipinski definition) is 5. The molecule has 1 fully saturated rings. The van der Waals surface area contributed by atoms with Gasteiger partial charge >= 0.3 is 0 Å². The number of carbonyl (C=O) groups is 1. The van der Waals surface area contributed by atoms with Gasteiger partial charge in [0.1, 0.15) is 0 Å². The third-order valence-electron chi connectivity index (χ3n) is 3.07. The quantitative estimate of drug-likeness (QED) is 0.800. The number of aryl methyl sites for hydroxylation is 1. The second kappa shape index (κ2) is 5.27. The molecule has 1 aromatic heterocycles. The first kappa shape index (κ1) is 12.0. The summed E-state index contributed by atoms with van der Waals surface area (Å²) >= 11 is 0. The lowest BCUT2D eigenvalue weighted by molar-refractivity contribution is -0.126. The molecule has 0 bridgehead atoms. The van der Waals surface area contributed by atoms with E-state index in [2.05, 4.69) is 15.5 Å². The number of amides is 1. The van der Waals surface area contributed by atoms with Crippen molar-refractivity contribution in [2.45, 2.75) is 45.2 Å². The number of aromatic nitrogens is 2. The Bertz CT molecular complexity index is 391. The Morgan fingerprint density at radius 3 is 3.06 bits per heavy atom. The molecule has 2 atom stereocenters. The molecule has 6 heteroatoms. The fourth-order valence-electron chi connectivity index (χ4n) is 2.18. The Morgan fingerprint density at radius 2 is 2.41 bits per heavy atom. The summed E-state index contributed by atoms with van der Waals surface area (Å²) in [7, 11) is 0. The second-order valence-corrected chi connectivity index (χ2v) is 4.58. The van der Waals surface area contributed by atoms with E-state index < -0.39 is 0 Å². The fourth-order valence-corrected chi connectivity index (χ4v) is 2.18. The summed E-state index contributed by atoms with van der Waals surface area (Å²) in [4.78, 5) is 15.9.